The van der Waals surface area contributed by atoms with Crippen LogP contribution in [0.15, 0.2) is 65.2 Å². The van der Waals surface area contributed by atoms with Crippen LogP contribution in [-0.2, 0) is 0 Å². The number of furan rings is 1. The molecule has 0 saturated carbocycles. The van der Waals surface area contributed by atoms with Crippen molar-refractivity contribution in [1.29, 1.82) is 0 Å². The van der Waals surface area contributed by atoms with Crippen LogP contribution in [-0.4, -0.2) is 14.6 Å². The summed E-state index contributed by atoms with van der Waals surface area (Å²) in [6, 6.07) is 18.3. The fraction of sp³-hybridized carbons (Fsp3) is 0.0526. The lowest BCUT2D eigenvalue weighted by Crippen LogP contribution is -1.84. The number of rotatable bonds is 2. The third kappa shape index (κ3) is 2.13. The van der Waals surface area contributed by atoms with Gasteiger partial charge in [0, 0.05) is 10.9 Å². The Kier molecular flexibility index (Phi) is 2.84. The number of hydrogen-bond donors (Lipinski definition) is 0. The standard InChI is InChI=1S/C19H13N3OS/c1-12-5-4-7-14(9-12)18-20-19-22(21-18)11-17(24-19)16-10-13-6-2-3-8-15(13)23-16/h2-11H,1H3. The predicted molar refractivity (Wildman–Crippen MR) is 96.2 cm³/mol. The summed E-state index contributed by atoms with van der Waals surface area (Å²) in [7, 11) is 0. The fourth-order valence-corrected chi connectivity index (χ4v) is 3.69. The predicted octanol–water partition coefficient (Wildman–Crippen LogP) is 5.18. The Morgan fingerprint density at radius 2 is 1.96 bits per heavy atom. The Bertz CT molecular complexity index is 1120. The van der Waals surface area contributed by atoms with Crippen molar-refractivity contribution in [3.63, 3.8) is 0 Å². The average molecular weight is 331 g/mol. The van der Waals surface area contributed by atoms with Crippen molar-refractivity contribution in [3.05, 3.63) is 66.4 Å². The van der Waals surface area contributed by atoms with Crippen LogP contribution in [0, 0.1) is 6.92 Å². The molecule has 116 valence electrons. The van der Waals surface area contributed by atoms with Gasteiger partial charge in [0.15, 0.2) is 5.82 Å². The van der Waals surface area contributed by atoms with Crippen LogP contribution < -0.4 is 0 Å². The molecule has 3 heterocycles. The molecular weight excluding hydrogens is 318 g/mol. The van der Waals surface area contributed by atoms with Crippen molar-refractivity contribution in [2.75, 3.05) is 0 Å². The number of para-hydroxylation sites is 1. The number of fused-ring (bicyclic) bond motifs is 2. The van der Waals surface area contributed by atoms with Crippen molar-refractivity contribution in [2.24, 2.45) is 0 Å². The number of aryl methyl sites for hydroxylation is 1. The van der Waals surface area contributed by atoms with Crippen LogP contribution >= 0.6 is 11.3 Å². The Labute approximate surface area is 142 Å². The van der Waals surface area contributed by atoms with Gasteiger partial charge in [-0.3, -0.25) is 0 Å². The number of hydrogen-bond acceptors (Lipinski definition) is 4. The summed E-state index contributed by atoms with van der Waals surface area (Å²) >= 11 is 1.58. The molecule has 0 saturated heterocycles. The lowest BCUT2D eigenvalue weighted by molar-refractivity contribution is 0.633. The maximum absolute atomic E-state index is 5.93. The molecule has 2 aromatic carbocycles. The first-order chi connectivity index (χ1) is 11.8. The third-order valence-corrected chi connectivity index (χ3v) is 4.97. The van der Waals surface area contributed by atoms with Gasteiger partial charge in [-0.25, -0.2) is 4.52 Å². The van der Waals surface area contributed by atoms with E-state index in [1.165, 1.54) is 5.56 Å². The number of thiazole rings is 1. The van der Waals surface area contributed by atoms with E-state index in [1.807, 2.05) is 41.0 Å². The minimum Gasteiger partial charge on any atom is -0.455 e. The highest BCUT2D eigenvalue weighted by Crippen LogP contribution is 2.33. The molecule has 0 aliphatic heterocycles. The minimum absolute atomic E-state index is 0.751. The van der Waals surface area contributed by atoms with E-state index in [-0.39, 0.29) is 0 Å². The van der Waals surface area contributed by atoms with Gasteiger partial charge in [0.2, 0.25) is 4.96 Å². The topological polar surface area (TPSA) is 43.3 Å². The minimum atomic E-state index is 0.751. The molecule has 0 fully saturated rings. The van der Waals surface area contributed by atoms with Gasteiger partial charge >= 0.3 is 0 Å². The molecule has 0 atom stereocenters. The van der Waals surface area contributed by atoms with Crippen LogP contribution in [0.2, 0.25) is 0 Å². The van der Waals surface area contributed by atoms with Gasteiger partial charge in [-0.05, 0) is 25.1 Å². The molecule has 0 spiro atoms. The molecule has 5 aromatic rings. The molecule has 3 aromatic heterocycles. The van der Waals surface area contributed by atoms with Gasteiger partial charge in [0.05, 0.1) is 11.1 Å². The van der Waals surface area contributed by atoms with E-state index >= 15 is 0 Å². The summed E-state index contributed by atoms with van der Waals surface area (Å²) in [5.74, 6) is 1.60. The van der Waals surface area contributed by atoms with Gasteiger partial charge in [-0.2, -0.15) is 4.98 Å². The lowest BCUT2D eigenvalue weighted by Gasteiger charge is -1.96. The Balaban J connectivity index is 1.58. The maximum atomic E-state index is 5.93. The summed E-state index contributed by atoms with van der Waals surface area (Å²) in [5, 5.41) is 5.70. The molecule has 4 nitrogen and oxygen atoms in total. The maximum Gasteiger partial charge on any atom is 0.213 e. The van der Waals surface area contributed by atoms with Gasteiger partial charge in [-0.15, -0.1) is 5.10 Å². The summed E-state index contributed by atoms with van der Waals surface area (Å²) in [6.07, 6.45) is 1.98. The molecule has 0 unspecified atom stereocenters. The number of nitrogens with zero attached hydrogens (tertiary/aromatic N) is 3. The first kappa shape index (κ1) is 13.5. The van der Waals surface area contributed by atoms with Crippen LogP contribution in [0.1, 0.15) is 5.56 Å². The quantitative estimate of drug-likeness (QED) is 0.448. The summed E-state index contributed by atoms with van der Waals surface area (Å²) < 4.78 is 7.75. The first-order valence-electron chi connectivity index (χ1n) is 7.68. The van der Waals surface area contributed by atoms with Crippen molar-refractivity contribution < 1.29 is 4.42 Å². The van der Waals surface area contributed by atoms with Crippen molar-refractivity contribution in [3.8, 4) is 22.0 Å². The molecular formula is C19H13N3OS. The van der Waals surface area contributed by atoms with E-state index in [0.717, 1.165) is 38.0 Å². The number of benzene rings is 2. The molecule has 5 heteroatoms. The molecule has 0 N–H and O–H groups in total. The largest absolute Gasteiger partial charge is 0.455 e. The Morgan fingerprint density at radius 1 is 1.04 bits per heavy atom. The molecule has 0 bridgehead atoms. The molecule has 0 amide bonds. The van der Waals surface area contributed by atoms with Crippen LogP contribution in [0.25, 0.3) is 38.0 Å². The van der Waals surface area contributed by atoms with Crippen LogP contribution in [0.5, 0.6) is 0 Å². The van der Waals surface area contributed by atoms with E-state index < -0.39 is 0 Å². The first-order valence-corrected chi connectivity index (χ1v) is 8.50. The third-order valence-electron chi connectivity index (χ3n) is 3.99. The monoisotopic (exact) mass is 331 g/mol. The smallest absolute Gasteiger partial charge is 0.213 e. The van der Waals surface area contributed by atoms with Crippen molar-refractivity contribution >= 4 is 27.3 Å². The van der Waals surface area contributed by atoms with E-state index in [0.29, 0.717) is 0 Å². The molecule has 5 rings (SSSR count). The molecule has 0 aliphatic carbocycles. The number of aromatic nitrogens is 3. The molecule has 0 aliphatic rings. The molecule has 24 heavy (non-hydrogen) atoms. The highest BCUT2D eigenvalue weighted by Gasteiger charge is 2.14. The Hall–Kier alpha value is -2.92. The second kappa shape index (κ2) is 5.04. The van der Waals surface area contributed by atoms with E-state index in [2.05, 4.69) is 41.3 Å². The van der Waals surface area contributed by atoms with Gasteiger partial charge in [0.25, 0.3) is 0 Å². The van der Waals surface area contributed by atoms with Crippen LogP contribution in [0.4, 0.5) is 0 Å². The van der Waals surface area contributed by atoms with E-state index in [4.69, 9.17) is 4.42 Å². The average Bonchev–Trinajstić information content (AvgIpc) is 3.26. The SMILES string of the molecule is Cc1cccc(-c2nc3sc(-c4cc5ccccc5o4)cn3n2)c1. The highest BCUT2D eigenvalue weighted by atomic mass is 32.1. The summed E-state index contributed by atoms with van der Waals surface area (Å²) in [4.78, 5) is 6.54. The zero-order chi connectivity index (χ0) is 16.1. The van der Waals surface area contributed by atoms with Crippen molar-refractivity contribution in [2.45, 2.75) is 6.92 Å². The normalized spacial score (nSPS) is 11.5. The highest BCUT2D eigenvalue weighted by molar-refractivity contribution is 7.20. The van der Waals surface area contributed by atoms with Gasteiger partial charge in [0.1, 0.15) is 11.3 Å². The second-order valence-corrected chi connectivity index (χ2v) is 6.79. The van der Waals surface area contributed by atoms with Gasteiger partial charge in [-0.1, -0.05) is 53.3 Å². The zero-order valence-electron chi connectivity index (χ0n) is 12.9. The van der Waals surface area contributed by atoms with Crippen molar-refractivity contribution in [1.82, 2.24) is 14.6 Å². The summed E-state index contributed by atoms with van der Waals surface area (Å²) in [6.45, 7) is 2.07. The Morgan fingerprint density at radius 3 is 2.79 bits per heavy atom. The van der Waals surface area contributed by atoms with E-state index in [9.17, 15) is 0 Å². The van der Waals surface area contributed by atoms with Gasteiger partial charge < -0.3 is 4.42 Å². The fourth-order valence-electron chi connectivity index (χ4n) is 2.82. The van der Waals surface area contributed by atoms with E-state index in [1.54, 1.807) is 11.3 Å². The lowest BCUT2D eigenvalue weighted by atomic mass is 10.1. The molecule has 0 radical (unpaired) electrons. The zero-order valence-corrected chi connectivity index (χ0v) is 13.7. The van der Waals surface area contributed by atoms with Crippen LogP contribution in [0.3, 0.4) is 0 Å². The summed E-state index contributed by atoms with van der Waals surface area (Å²) in [5.41, 5.74) is 3.14. The second-order valence-electron chi connectivity index (χ2n) is 5.78.